The van der Waals surface area contributed by atoms with Crippen LogP contribution in [0.25, 0.3) is 11.2 Å². The molecule has 0 aliphatic rings. The maximum absolute atomic E-state index is 12.2. The van der Waals surface area contributed by atoms with Gasteiger partial charge in [-0.05, 0) is 12.8 Å². The number of H-pyrrole nitrogens is 1. The lowest BCUT2D eigenvalue weighted by atomic mass is 10.2. The molecule has 7 nitrogen and oxygen atoms in total. The maximum atomic E-state index is 12.2. The Kier molecular flexibility index (Phi) is 3.46. The predicted molar refractivity (Wildman–Crippen MR) is 74.6 cm³/mol. The van der Waals surface area contributed by atoms with E-state index in [9.17, 15) is 9.59 Å². The molecule has 2 aromatic heterocycles. The number of hydrogen-bond donors (Lipinski definition) is 2. The van der Waals surface area contributed by atoms with Crippen molar-refractivity contribution in [2.75, 3.05) is 11.9 Å². The van der Waals surface area contributed by atoms with Gasteiger partial charge in [-0.25, -0.2) is 4.79 Å². The van der Waals surface area contributed by atoms with Crippen LogP contribution in [0.3, 0.4) is 0 Å². The Morgan fingerprint density at radius 1 is 1.37 bits per heavy atom. The molecule has 2 aromatic rings. The molecule has 0 amide bonds. The molecule has 104 valence electrons. The standard InChI is InChI=1S/C12H19N5O2/c1-5-13-11-14-8-9(15-11)17(6-7(2)3)12(19)16(4)10(8)18/h7H,5-6H2,1-4H3,(H2,13,14,15). The minimum absolute atomic E-state index is 0.290. The molecule has 0 spiro atoms. The van der Waals surface area contributed by atoms with E-state index in [1.54, 1.807) is 4.57 Å². The van der Waals surface area contributed by atoms with E-state index in [1.165, 1.54) is 7.05 Å². The van der Waals surface area contributed by atoms with Gasteiger partial charge in [-0.2, -0.15) is 4.98 Å². The van der Waals surface area contributed by atoms with Gasteiger partial charge in [-0.1, -0.05) is 13.8 Å². The third kappa shape index (κ3) is 2.27. The van der Waals surface area contributed by atoms with Crippen LogP contribution in [0.4, 0.5) is 5.95 Å². The molecule has 0 saturated carbocycles. The zero-order valence-corrected chi connectivity index (χ0v) is 11.6. The fourth-order valence-corrected chi connectivity index (χ4v) is 2.02. The lowest BCUT2D eigenvalue weighted by molar-refractivity contribution is 0.500. The molecule has 0 bridgehead atoms. The van der Waals surface area contributed by atoms with Gasteiger partial charge < -0.3 is 10.3 Å². The van der Waals surface area contributed by atoms with Crippen molar-refractivity contribution in [1.29, 1.82) is 0 Å². The third-order valence-corrected chi connectivity index (χ3v) is 2.87. The van der Waals surface area contributed by atoms with Crippen molar-refractivity contribution in [2.45, 2.75) is 27.3 Å². The van der Waals surface area contributed by atoms with Crippen molar-refractivity contribution in [3.63, 3.8) is 0 Å². The van der Waals surface area contributed by atoms with Crippen LogP contribution in [0.15, 0.2) is 9.59 Å². The van der Waals surface area contributed by atoms with Crippen LogP contribution < -0.4 is 16.6 Å². The molecule has 7 heteroatoms. The molecule has 2 N–H and O–H groups in total. The van der Waals surface area contributed by atoms with E-state index in [4.69, 9.17) is 0 Å². The van der Waals surface area contributed by atoms with E-state index in [2.05, 4.69) is 15.3 Å². The molecule has 0 atom stereocenters. The van der Waals surface area contributed by atoms with Crippen LogP contribution in [0.2, 0.25) is 0 Å². The molecular formula is C12H19N5O2. The highest BCUT2D eigenvalue weighted by molar-refractivity contribution is 5.72. The number of rotatable bonds is 4. The second kappa shape index (κ2) is 4.91. The molecule has 0 unspecified atom stereocenters. The van der Waals surface area contributed by atoms with Gasteiger partial charge in [0.2, 0.25) is 5.95 Å². The average molecular weight is 265 g/mol. The second-order valence-corrected chi connectivity index (χ2v) is 4.97. The molecule has 2 rings (SSSR count). The van der Waals surface area contributed by atoms with Crippen LogP contribution >= 0.6 is 0 Å². The van der Waals surface area contributed by atoms with Crippen LogP contribution in [-0.4, -0.2) is 25.6 Å². The molecule has 19 heavy (non-hydrogen) atoms. The third-order valence-electron chi connectivity index (χ3n) is 2.87. The Hall–Kier alpha value is -2.05. The first-order valence-corrected chi connectivity index (χ1v) is 6.39. The first-order chi connectivity index (χ1) is 8.95. The summed E-state index contributed by atoms with van der Waals surface area (Å²) in [6.07, 6.45) is 0. The van der Waals surface area contributed by atoms with E-state index >= 15 is 0 Å². The van der Waals surface area contributed by atoms with Crippen molar-refractivity contribution in [1.82, 2.24) is 19.1 Å². The molecular weight excluding hydrogens is 246 g/mol. The van der Waals surface area contributed by atoms with Gasteiger partial charge in [0, 0.05) is 20.1 Å². The highest BCUT2D eigenvalue weighted by atomic mass is 16.2. The number of imidazole rings is 1. The average Bonchev–Trinajstić information content (AvgIpc) is 2.76. The molecule has 0 saturated heterocycles. The van der Waals surface area contributed by atoms with Crippen molar-refractivity contribution >= 4 is 17.1 Å². The zero-order chi connectivity index (χ0) is 14.2. The van der Waals surface area contributed by atoms with Gasteiger partial charge in [0.05, 0.1) is 0 Å². The molecule has 2 heterocycles. The monoisotopic (exact) mass is 265 g/mol. The summed E-state index contributed by atoms with van der Waals surface area (Å²) in [6, 6.07) is 0. The summed E-state index contributed by atoms with van der Waals surface area (Å²) >= 11 is 0. The van der Waals surface area contributed by atoms with Gasteiger partial charge in [-0.3, -0.25) is 13.9 Å². The summed E-state index contributed by atoms with van der Waals surface area (Å²) < 4.78 is 2.65. The van der Waals surface area contributed by atoms with Crippen LogP contribution in [0.5, 0.6) is 0 Å². The Morgan fingerprint density at radius 2 is 2.05 bits per heavy atom. The SMILES string of the molecule is CCNc1nc2c([nH]1)c(=O)n(C)c(=O)n2CC(C)C. The van der Waals surface area contributed by atoms with Crippen molar-refractivity contribution in [3.05, 3.63) is 20.8 Å². The van der Waals surface area contributed by atoms with E-state index in [1.807, 2.05) is 20.8 Å². The van der Waals surface area contributed by atoms with Crippen LogP contribution in [0.1, 0.15) is 20.8 Å². The van der Waals surface area contributed by atoms with Crippen molar-refractivity contribution < 1.29 is 0 Å². The fourth-order valence-electron chi connectivity index (χ4n) is 2.02. The Morgan fingerprint density at radius 3 is 2.63 bits per heavy atom. The number of nitrogens with zero attached hydrogens (tertiary/aromatic N) is 3. The Labute approximate surface area is 110 Å². The largest absolute Gasteiger partial charge is 0.356 e. The van der Waals surface area contributed by atoms with E-state index in [-0.39, 0.29) is 17.2 Å². The van der Waals surface area contributed by atoms with Crippen molar-refractivity contribution in [2.24, 2.45) is 13.0 Å². The van der Waals surface area contributed by atoms with Crippen LogP contribution in [-0.2, 0) is 13.6 Å². The van der Waals surface area contributed by atoms with Crippen LogP contribution in [0, 0.1) is 5.92 Å². The first kappa shape index (κ1) is 13.4. The molecule has 0 aliphatic heterocycles. The predicted octanol–water partition coefficient (Wildman–Crippen LogP) is 0.511. The summed E-state index contributed by atoms with van der Waals surface area (Å²) in [5.41, 5.74) is 0.0915. The zero-order valence-electron chi connectivity index (χ0n) is 11.6. The maximum Gasteiger partial charge on any atom is 0.332 e. The van der Waals surface area contributed by atoms with Crippen molar-refractivity contribution in [3.8, 4) is 0 Å². The summed E-state index contributed by atoms with van der Waals surface area (Å²) in [5.74, 6) is 0.801. The first-order valence-electron chi connectivity index (χ1n) is 6.39. The highest BCUT2D eigenvalue weighted by Gasteiger charge is 2.15. The number of aromatic amines is 1. The van der Waals surface area contributed by atoms with Gasteiger partial charge in [0.25, 0.3) is 5.56 Å². The number of fused-ring (bicyclic) bond motifs is 1. The summed E-state index contributed by atoms with van der Waals surface area (Å²) in [7, 11) is 1.48. The minimum Gasteiger partial charge on any atom is -0.356 e. The molecule has 0 aliphatic carbocycles. The minimum atomic E-state index is -0.350. The number of aromatic nitrogens is 4. The molecule has 0 radical (unpaired) electrons. The normalized spacial score (nSPS) is 11.4. The topological polar surface area (TPSA) is 84.7 Å². The number of hydrogen-bond acceptors (Lipinski definition) is 4. The molecule has 0 aromatic carbocycles. The number of anilines is 1. The number of nitrogens with one attached hydrogen (secondary N) is 2. The van der Waals surface area contributed by atoms with Gasteiger partial charge in [0.15, 0.2) is 11.2 Å². The van der Waals surface area contributed by atoms with Gasteiger partial charge >= 0.3 is 5.69 Å². The second-order valence-electron chi connectivity index (χ2n) is 4.97. The highest BCUT2D eigenvalue weighted by Crippen LogP contribution is 2.10. The summed E-state index contributed by atoms with van der Waals surface area (Å²) in [6.45, 7) is 7.18. The van der Waals surface area contributed by atoms with E-state index in [0.29, 0.717) is 30.2 Å². The Balaban J connectivity index is 2.77. The van der Waals surface area contributed by atoms with Gasteiger partial charge in [0.1, 0.15) is 0 Å². The summed E-state index contributed by atoms with van der Waals surface area (Å²) in [4.78, 5) is 31.4. The quantitative estimate of drug-likeness (QED) is 0.843. The fraction of sp³-hybridized carbons (Fsp3) is 0.583. The molecule has 0 fully saturated rings. The lowest BCUT2D eigenvalue weighted by Crippen LogP contribution is -2.38. The lowest BCUT2D eigenvalue weighted by Gasteiger charge is -2.10. The smallest absolute Gasteiger partial charge is 0.332 e. The summed E-state index contributed by atoms with van der Waals surface area (Å²) in [5, 5.41) is 3.01. The van der Waals surface area contributed by atoms with E-state index in [0.717, 1.165) is 4.57 Å². The van der Waals surface area contributed by atoms with E-state index < -0.39 is 0 Å². The Bertz CT molecular complexity index is 707. The van der Waals surface area contributed by atoms with Gasteiger partial charge in [-0.15, -0.1) is 0 Å².